The first-order valence-electron chi connectivity index (χ1n) is 2.98. The second-order valence-corrected chi connectivity index (χ2v) is 2.15. The molecule has 0 radical (unpaired) electrons. The molecule has 1 fully saturated rings. The summed E-state index contributed by atoms with van der Waals surface area (Å²) in [5, 5.41) is 1.49. The molecule has 0 bridgehead atoms. The van der Waals surface area contributed by atoms with Gasteiger partial charge in [0.15, 0.2) is 0 Å². The number of aldehydes is 1. The molecule has 1 heterocycles. The second-order valence-electron chi connectivity index (χ2n) is 2.15. The van der Waals surface area contributed by atoms with E-state index in [2.05, 4.69) is 5.43 Å². The van der Waals surface area contributed by atoms with Gasteiger partial charge in [-0.1, -0.05) is 0 Å². The maximum absolute atomic E-state index is 10.7. The summed E-state index contributed by atoms with van der Waals surface area (Å²) in [5.74, 6) is -0.221. The summed E-state index contributed by atoms with van der Waals surface area (Å²) in [6, 6.07) is -0.486. The molecule has 1 amide bonds. The quantitative estimate of drug-likeness (QED) is 0.432. The minimum atomic E-state index is -0.486. The molecular weight excluding hydrogens is 134 g/mol. The third kappa shape index (κ3) is 1.31. The molecule has 1 rings (SSSR count). The van der Waals surface area contributed by atoms with Crippen LogP contribution in [0, 0.1) is 0 Å². The highest BCUT2D eigenvalue weighted by atomic mass is 16.2. The maximum Gasteiger partial charge on any atom is 0.252 e. The van der Waals surface area contributed by atoms with Crippen molar-refractivity contribution in [2.75, 3.05) is 13.1 Å². The fourth-order valence-electron chi connectivity index (χ4n) is 0.815. The number of hydrazine groups is 1. The predicted octanol–water partition coefficient (Wildman–Crippen LogP) is -2.14. The molecule has 1 unspecified atom stereocenters. The van der Waals surface area contributed by atoms with Crippen LogP contribution in [-0.2, 0) is 9.59 Å². The van der Waals surface area contributed by atoms with E-state index in [0.29, 0.717) is 6.54 Å². The molecule has 5 nitrogen and oxygen atoms in total. The Morgan fingerprint density at radius 2 is 2.60 bits per heavy atom. The van der Waals surface area contributed by atoms with Gasteiger partial charge in [-0.15, -0.1) is 0 Å². The lowest BCUT2D eigenvalue weighted by Gasteiger charge is -2.08. The van der Waals surface area contributed by atoms with Crippen molar-refractivity contribution >= 4 is 12.2 Å². The van der Waals surface area contributed by atoms with Crippen LogP contribution in [0.25, 0.3) is 0 Å². The van der Waals surface area contributed by atoms with Gasteiger partial charge in [-0.3, -0.25) is 10.2 Å². The zero-order valence-electron chi connectivity index (χ0n) is 5.41. The fraction of sp³-hybridized carbons (Fsp3) is 0.600. The van der Waals surface area contributed by atoms with Gasteiger partial charge in [-0.2, -0.15) is 0 Å². The molecular formula is C5H9N3O2. The van der Waals surface area contributed by atoms with E-state index in [-0.39, 0.29) is 12.5 Å². The Morgan fingerprint density at radius 3 is 3.00 bits per heavy atom. The van der Waals surface area contributed by atoms with Crippen molar-refractivity contribution < 1.29 is 9.59 Å². The Morgan fingerprint density at radius 1 is 1.90 bits per heavy atom. The smallest absolute Gasteiger partial charge is 0.252 e. The average molecular weight is 143 g/mol. The highest BCUT2D eigenvalue weighted by Crippen LogP contribution is 1.94. The molecule has 3 N–H and O–H groups in total. The highest BCUT2D eigenvalue weighted by Gasteiger charge is 2.25. The maximum atomic E-state index is 10.7. The third-order valence-corrected chi connectivity index (χ3v) is 1.32. The monoisotopic (exact) mass is 143 g/mol. The normalized spacial score (nSPS) is 26.5. The summed E-state index contributed by atoms with van der Waals surface area (Å²) in [7, 11) is 0. The Labute approximate surface area is 58.1 Å². The largest absolute Gasteiger partial charge is 0.319 e. The lowest BCUT2D eigenvalue weighted by molar-refractivity contribution is -0.122. The molecule has 1 aliphatic heterocycles. The van der Waals surface area contributed by atoms with E-state index < -0.39 is 6.04 Å². The number of nitrogens with two attached hydrogens (primary N) is 1. The molecule has 5 heteroatoms. The van der Waals surface area contributed by atoms with Gasteiger partial charge >= 0.3 is 0 Å². The molecule has 0 saturated carbocycles. The first-order chi connectivity index (χ1) is 4.74. The van der Waals surface area contributed by atoms with E-state index in [1.54, 1.807) is 0 Å². The van der Waals surface area contributed by atoms with Crippen molar-refractivity contribution in [1.29, 1.82) is 0 Å². The summed E-state index contributed by atoms with van der Waals surface area (Å²) in [6.07, 6.45) is 0.721. The van der Waals surface area contributed by atoms with Crippen molar-refractivity contribution in [3.63, 3.8) is 0 Å². The second kappa shape index (κ2) is 2.76. The Hall–Kier alpha value is -0.940. The van der Waals surface area contributed by atoms with Gasteiger partial charge < -0.3 is 10.5 Å². The topological polar surface area (TPSA) is 75.4 Å². The van der Waals surface area contributed by atoms with Crippen molar-refractivity contribution in [3.8, 4) is 0 Å². The van der Waals surface area contributed by atoms with Crippen LogP contribution in [0.4, 0.5) is 0 Å². The Kier molecular flexibility index (Phi) is 1.98. The zero-order valence-corrected chi connectivity index (χ0v) is 5.41. The number of carbonyl (C=O) groups is 2. The van der Waals surface area contributed by atoms with Crippen LogP contribution in [-0.4, -0.2) is 36.3 Å². The predicted molar refractivity (Wildman–Crippen MR) is 33.8 cm³/mol. The molecule has 10 heavy (non-hydrogen) atoms. The fourth-order valence-corrected chi connectivity index (χ4v) is 0.815. The van der Waals surface area contributed by atoms with Gasteiger partial charge in [-0.25, -0.2) is 5.01 Å². The zero-order chi connectivity index (χ0) is 7.56. The number of hydrogen-bond acceptors (Lipinski definition) is 4. The number of rotatable bonds is 2. The van der Waals surface area contributed by atoms with E-state index in [0.717, 1.165) is 6.29 Å². The van der Waals surface area contributed by atoms with E-state index >= 15 is 0 Å². The van der Waals surface area contributed by atoms with Crippen molar-refractivity contribution in [3.05, 3.63) is 0 Å². The summed E-state index contributed by atoms with van der Waals surface area (Å²) < 4.78 is 0. The number of hydrogen-bond donors (Lipinski definition) is 2. The molecule has 1 aliphatic rings. The average Bonchev–Trinajstić information content (AvgIpc) is 2.14. The summed E-state index contributed by atoms with van der Waals surface area (Å²) in [4.78, 5) is 20.6. The lowest BCUT2D eigenvalue weighted by atomic mass is 10.3. The Balaban J connectivity index is 2.41. The van der Waals surface area contributed by atoms with Crippen molar-refractivity contribution in [2.45, 2.75) is 6.04 Å². The molecule has 0 spiro atoms. The minimum absolute atomic E-state index is 0.208. The summed E-state index contributed by atoms with van der Waals surface area (Å²) in [5.41, 5.74) is 7.77. The molecule has 0 aromatic rings. The lowest BCUT2D eigenvalue weighted by Crippen LogP contribution is -2.34. The Bertz CT molecular complexity index is 159. The van der Waals surface area contributed by atoms with Crippen LogP contribution in [0.1, 0.15) is 0 Å². The molecule has 0 aromatic heterocycles. The number of carbonyl (C=O) groups excluding carboxylic acids is 2. The summed E-state index contributed by atoms with van der Waals surface area (Å²) in [6.45, 7) is 0.622. The van der Waals surface area contributed by atoms with Gasteiger partial charge in [0.05, 0.1) is 6.54 Å². The molecule has 0 aromatic carbocycles. The minimum Gasteiger partial charge on any atom is -0.319 e. The standard InChI is InChI=1S/C5H9N3O2/c6-4-3-8(1-2-9)7-5(4)10/h2,4H,1,3,6H2,(H,7,10). The highest BCUT2D eigenvalue weighted by molar-refractivity contribution is 5.83. The molecule has 0 aliphatic carbocycles. The van der Waals surface area contributed by atoms with Crippen LogP contribution < -0.4 is 11.2 Å². The SMILES string of the molecule is NC1CN(CC=O)NC1=O. The van der Waals surface area contributed by atoms with Crippen LogP contribution in [0.2, 0.25) is 0 Å². The molecule has 1 atom stereocenters. The first kappa shape index (κ1) is 7.17. The summed E-state index contributed by atoms with van der Waals surface area (Å²) >= 11 is 0. The van der Waals surface area contributed by atoms with Crippen LogP contribution >= 0.6 is 0 Å². The van der Waals surface area contributed by atoms with Crippen molar-refractivity contribution in [1.82, 2.24) is 10.4 Å². The van der Waals surface area contributed by atoms with Gasteiger partial charge in [-0.05, 0) is 0 Å². The number of nitrogens with one attached hydrogen (secondary N) is 1. The van der Waals surface area contributed by atoms with E-state index in [9.17, 15) is 9.59 Å². The van der Waals surface area contributed by atoms with Gasteiger partial charge in [0, 0.05) is 6.54 Å². The van der Waals surface area contributed by atoms with E-state index in [1.165, 1.54) is 5.01 Å². The van der Waals surface area contributed by atoms with Crippen molar-refractivity contribution in [2.24, 2.45) is 5.73 Å². The van der Waals surface area contributed by atoms with E-state index in [1.807, 2.05) is 0 Å². The van der Waals surface area contributed by atoms with Crippen LogP contribution in [0.15, 0.2) is 0 Å². The first-order valence-corrected chi connectivity index (χ1v) is 2.98. The van der Waals surface area contributed by atoms with Crippen LogP contribution in [0.5, 0.6) is 0 Å². The van der Waals surface area contributed by atoms with E-state index in [4.69, 9.17) is 5.73 Å². The molecule has 56 valence electrons. The van der Waals surface area contributed by atoms with Gasteiger partial charge in [0.25, 0.3) is 5.91 Å². The number of nitrogens with zero attached hydrogens (tertiary/aromatic N) is 1. The van der Waals surface area contributed by atoms with Gasteiger partial charge in [0.1, 0.15) is 12.3 Å². The third-order valence-electron chi connectivity index (χ3n) is 1.32. The van der Waals surface area contributed by atoms with Crippen LogP contribution in [0.3, 0.4) is 0 Å². The van der Waals surface area contributed by atoms with Gasteiger partial charge in [0.2, 0.25) is 0 Å². The molecule has 1 saturated heterocycles. The number of amides is 1.